The van der Waals surface area contributed by atoms with Crippen LogP contribution in [0.4, 0.5) is 5.69 Å². The quantitative estimate of drug-likeness (QED) is 0.683. The van der Waals surface area contributed by atoms with Gasteiger partial charge in [-0.1, -0.05) is 18.2 Å². The maximum absolute atomic E-state index is 12.5. The molecule has 0 fully saturated rings. The minimum Gasteiger partial charge on any atom is -0.440 e. The molecule has 0 aliphatic heterocycles. The van der Waals surface area contributed by atoms with Crippen LogP contribution in [0.3, 0.4) is 0 Å². The molecular formula is C21H23N3O3S. The van der Waals surface area contributed by atoms with E-state index in [1.54, 1.807) is 14.0 Å². The summed E-state index contributed by atoms with van der Waals surface area (Å²) in [6.45, 7) is 5.71. The summed E-state index contributed by atoms with van der Waals surface area (Å²) in [6, 6.07) is 9.58. The number of hydrogen-bond donors (Lipinski definition) is 1. The number of amides is 2. The lowest BCUT2D eigenvalue weighted by Gasteiger charge is -2.17. The molecule has 0 unspecified atom stereocenters. The van der Waals surface area contributed by atoms with Crippen molar-refractivity contribution in [1.29, 1.82) is 0 Å². The highest BCUT2D eigenvalue weighted by molar-refractivity contribution is 7.13. The van der Waals surface area contributed by atoms with Crippen LogP contribution in [0.1, 0.15) is 22.6 Å². The molecule has 3 aromatic rings. The first-order valence-electron chi connectivity index (χ1n) is 8.95. The van der Waals surface area contributed by atoms with E-state index in [1.165, 1.54) is 16.2 Å². The third-order valence-electron chi connectivity index (χ3n) is 4.63. The fraction of sp³-hybridized carbons (Fsp3) is 0.286. The lowest BCUT2D eigenvalue weighted by atomic mass is 10.1. The van der Waals surface area contributed by atoms with E-state index < -0.39 is 0 Å². The van der Waals surface area contributed by atoms with Gasteiger partial charge in [-0.05, 0) is 49.4 Å². The second-order valence-corrected chi connectivity index (χ2v) is 7.67. The van der Waals surface area contributed by atoms with Gasteiger partial charge < -0.3 is 14.6 Å². The van der Waals surface area contributed by atoms with Crippen molar-refractivity contribution in [3.8, 4) is 10.8 Å². The Bertz CT molecular complexity index is 993. The molecule has 7 heteroatoms. The van der Waals surface area contributed by atoms with Crippen LogP contribution < -0.4 is 5.32 Å². The van der Waals surface area contributed by atoms with E-state index in [0.717, 1.165) is 21.7 Å². The van der Waals surface area contributed by atoms with E-state index >= 15 is 0 Å². The second kappa shape index (κ2) is 8.39. The van der Waals surface area contributed by atoms with Gasteiger partial charge in [-0.25, -0.2) is 4.98 Å². The van der Waals surface area contributed by atoms with Gasteiger partial charge in [0.2, 0.25) is 17.7 Å². The molecule has 0 spiro atoms. The number of thiophene rings is 1. The van der Waals surface area contributed by atoms with Crippen LogP contribution in [0.5, 0.6) is 0 Å². The van der Waals surface area contributed by atoms with E-state index in [0.29, 0.717) is 17.3 Å². The minimum absolute atomic E-state index is 0.0269. The Morgan fingerprint density at radius 3 is 2.68 bits per heavy atom. The lowest BCUT2D eigenvalue weighted by molar-refractivity contribution is -0.132. The zero-order valence-corrected chi connectivity index (χ0v) is 17.2. The van der Waals surface area contributed by atoms with Crippen LogP contribution in [0.25, 0.3) is 10.8 Å². The molecule has 0 atom stereocenters. The Morgan fingerprint density at radius 2 is 1.96 bits per heavy atom. The van der Waals surface area contributed by atoms with Crippen LogP contribution in [0.15, 0.2) is 40.1 Å². The molecule has 2 amide bonds. The zero-order chi connectivity index (χ0) is 20.3. The first-order chi connectivity index (χ1) is 13.3. The summed E-state index contributed by atoms with van der Waals surface area (Å²) in [5.41, 5.74) is 3.48. The maximum atomic E-state index is 12.5. The van der Waals surface area contributed by atoms with Crippen LogP contribution >= 0.6 is 11.3 Å². The summed E-state index contributed by atoms with van der Waals surface area (Å²) in [5.74, 6) is 0.710. The summed E-state index contributed by atoms with van der Waals surface area (Å²) in [4.78, 5) is 31.6. The van der Waals surface area contributed by atoms with Crippen LogP contribution in [0, 0.1) is 20.8 Å². The number of rotatable bonds is 6. The van der Waals surface area contributed by atoms with Crippen LogP contribution in [-0.2, 0) is 16.0 Å². The van der Waals surface area contributed by atoms with Gasteiger partial charge in [-0.3, -0.25) is 9.59 Å². The highest BCUT2D eigenvalue weighted by atomic mass is 32.1. The Balaban J connectivity index is 1.60. The highest BCUT2D eigenvalue weighted by Crippen LogP contribution is 2.26. The van der Waals surface area contributed by atoms with Crippen molar-refractivity contribution in [2.75, 3.05) is 18.9 Å². The molecule has 1 N–H and O–H groups in total. The number of carbonyl (C=O) groups is 2. The number of aromatic nitrogens is 1. The standard InChI is InChI=1S/C21H23N3O3S/c1-13-7-5-8-16(14(13)2)22-19(25)12-24(4)20(26)11-17-15(3)27-21(23-17)18-9-6-10-28-18/h5-10H,11-12H2,1-4H3,(H,22,25). The average Bonchev–Trinajstić information content (AvgIpc) is 3.29. The number of nitrogens with one attached hydrogen (secondary N) is 1. The first-order valence-corrected chi connectivity index (χ1v) is 9.83. The fourth-order valence-electron chi connectivity index (χ4n) is 2.76. The fourth-order valence-corrected chi connectivity index (χ4v) is 3.40. The number of likely N-dealkylation sites (N-methyl/N-ethyl adjacent to an activating group) is 1. The van der Waals surface area contributed by atoms with E-state index in [4.69, 9.17) is 4.42 Å². The van der Waals surface area contributed by atoms with Crippen molar-refractivity contribution in [3.63, 3.8) is 0 Å². The molecular weight excluding hydrogens is 374 g/mol. The molecule has 0 saturated carbocycles. The SMILES string of the molecule is Cc1cccc(NC(=O)CN(C)C(=O)Cc2nc(-c3cccs3)oc2C)c1C. The van der Waals surface area contributed by atoms with Gasteiger partial charge in [-0.15, -0.1) is 11.3 Å². The van der Waals surface area contributed by atoms with Crippen molar-refractivity contribution in [2.45, 2.75) is 27.2 Å². The number of oxazole rings is 1. The molecule has 0 aliphatic rings. The number of nitrogens with zero attached hydrogens (tertiary/aromatic N) is 2. The average molecular weight is 398 g/mol. The highest BCUT2D eigenvalue weighted by Gasteiger charge is 2.19. The molecule has 0 bridgehead atoms. The van der Waals surface area contributed by atoms with Gasteiger partial charge in [0.1, 0.15) is 5.76 Å². The van der Waals surface area contributed by atoms with Gasteiger partial charge in [0.05, 0.1) is 23.5 Å². The van der Waals surface area contributed by atoms with Crippen molar-refractivity contribution in [2.24, 2.45) is 0 Å². The predicted octanol–water partition coefficient (Wildman–Crippen LogP) is 3.97. The molecule has 6 nitrogen and oxygen atoms in total. The number of aryl methyl sites for hydroxylation is 2. The maximum Gasteiger partial charge on any atom is 0.243 e. The van der Waals surface area contributed by atoms with Crippen molar-refractivity contribution in [3.05, 3.63) is 58.3 Å². The van der Waals surface area contributed by atoms with E-state index in [-0.39, 0.29) is 24.8 Å². The van der Waals surface area contributed by atoms with Gasteiger partial charge in [0.15, 0.2) is 0 Å². The minimum atomic E-state index is -0.235. The Kier molecular flexibility index (Phi) is 5.94. The summed E-state index contributed by atoms with van der Waals surface area (Å²) in [7, 11) is 1.61. The van der Waals surface area contributed by atoms with Gasteiger partial charge in [0.25, 0.3) is 0 Å². The van der Waals surface area contributed by atoms with E-state index in [9.17, 15) is 9.59 Å². The topological polar surface area (TPSA) is 75.4 Å². The van der Waals surface area contributed by atoms with Crippen molar-refractivity contribution >= 4 is 28.8 Å². The molecule has 0 aliphatic carbocycles. The molecule has 2 heterocycles. The molecule has 3 rings (SSSR count). The van der Waals surface area contributed by atoms with Crippen molar-refractivity contribution < 1.29 is 14.0 Å². The zero-order valence-electron chi connectivity index (χ0n) is 16.4. The molecule has 0 radical (unpaired) electrons. The monoisotopic (exact) mass is 397 g/mol. The normalized spacial score (nSPS) is 10.7. The lowest BCUT2D eigenvalue weighted by Crippen LogP contribution is -2.36. The van der Waals surface area contributed by atoms with Gasteiger partial charge in [-0.2, -0.15) is 0 Å². The first kappa shape index (κ1) is 19.8. The predicted molar refractivity (Wildman–Crippen MR) is 110 cm³/mol. The summed E-state index contributed by atoms with van der Waals surface area (Å²) < 4.78 is 5.67. The van der Waals surface area contributed by atoms with E-state index in [2.05, 4.69) is 10.3 Å². The van der Waals surface area contributed by atoms with Gasteiger partial charge >= 0.3 is 0 Å². The Labute approximate surface area is 168 Å². The summed E-state index contributed by atoms with van der Waals surface area (Å²) in [5, 5.41) is 4.82. The Morgan fingerprint density at radius 1 is 1.18 bits per heavy atom. The van der Waals surface area contributed by atoms with Gasteiger partial charge in [0, 0.05) is 12.7 Å². The van der Waals surface area contributed by atoms with Crippen LogP contribution in [-0.4, -0.2) is 35.3 Å². The second-order valence-electron chi connectivity index (χ2n) is 6.72. The molecule has 28 heavy (non-hydrogen) atoms. The summed E-state index contributed by atoms with van der Waals surface area (Å²) in [6.07, 6.45) is 0.0912. The molecule has 2 aromatic heterocycles. The Hall–Kier alpha value is -2.93. The third kappa shape index (κ3) is 4.48. The number of benzene rings is 1. The molecule has 146 valence electrons. The smallest absolute Gasteiger partial charge is 0.243 e. The van der Waals surface area contributed by atoms with E-state index in [1.807, 2.05) is 49.6 Å². The van der Waals surface area contributed by atoms with Crippen molar-refractivity contribution in [1.82, 2.24) is 9.88 Å². The summed E-state index contributed by atoms with van der Waals surface area (Å²) >= 11 is 1.53. The number of carbonyl (C=O) groups excluding carboxylic acids is 2. The molecule has 1 aromatic carbocycles. The molecule has 0 saturated heterocycles. The number of anilines is 1. The van der Waals surface area contributed by atoms with Crippen LogP contribution in [0.2, 0.25) is 0 Å². The third-order valence-corrected chi connectivity index (χ3v) is 5.49. The largest absolute Gasteiger partial charge is 0.440 e. The number of hydrogen-bond acceptors (Lipinski definition) is 5.